The van der Waals surface area contributed by atoms with Crippen molar-refractivity contribution in [2.75, 3.05) is 10.2 Å². The van der Waals surface area contributed by atoms with Crippen molar-refractivity contribution in [1.29, 1.82) is 0 Å². The Bertz CT molecular complexity index is 1350. The first kappa shape index (κ1) is 26.0. The number of hydrogen-bond donors (Lipinski definition) is 3. The van der Waals surface area contributed by atoms with Crippen LogP contribution in [0.2, 0.25) is 0 Å². The van der Waals surface area contributed by atoms with Crippen LogP contribution < -0.4 is 10.2 Å². The molecule has 3 aromatic rings. The monoisotopic (exact) mass is 502 g/mol. The summed E-state index contributed by atoms with van der Waals surface area (Å²) in [5.74, 6) is -3.04. The van der Waals surface area contributed by atoms with Gasteiger partial charge in [-0.25, -0.2) is 9.59 Å². The molecular formula is C24H21F3N4O5. The predicted molar refractivity (Wildman–Crippen MR) is 125 cm³/mol. The molecule has 2 aromatic carbocycles. The number of para-hydroxylation sites is 2. The zero-order valence-electron chi connectivity index (χ0n) is 19.1. The minimum Gasteiger partial charge on any atom is -0.478 e. The summed E-state index contributed by atoms with van der Waals surface area (Å²) in [6.07, 6.45) is -0.705. The van der Waals surface area contributed by atoms with Crippen LogP contribution >= 0.6 is 0 Å². The SMILES string of the molecule is Cc1cc(C(=O)N2Cc3cnn(C)c3Nc3ccccc32)ccc1/C=C/C(=O)O.O=C(O)C(F)(F)F. The minimum atomic E-state index is -5.08. The second-order valence-corrected chi connectivity index (χ2v) is 7.72. The number of halogens is 3. The molecule has 2 heterocycles. The van der Waals surface area contributed by atoms with E-state index < -0.39 is 18.1 Å². The number of hydrogen-bond acceptors (Lipinski definition) is 5. The van der Waals surface area contributed by atoms with Gasteiger partial charge in [0.15, 0.2) is 0 Å². The van der Waals surface area contributed by atoms with Crippen LogP contribution in [0.15, 0.2) is 54.7 Å². The number of fused-ring (bicyclic) bond motifs is 2. The molecule has 9 nitrogen and oxygen atoms in total. The molecule has 0 atom stereocenters. The number of aromatic nitrogens is 2. The van der Waals surface area contributed by atoms with Crippen molar-refractivity contribution in [2.45, 2.75) is 19.6 Å². The molecule has 1 aliphatic heterocycles. The number of nitrogens with one attached hydrogen (secondary N) is 1. The smallest absolute Gasteiger partial charge is 0.478 e. The van der Waals surface area contributed by atoms with Gasteiger partial charge in [-0.05, 0) is 48.4 Å². The van der Waals surface area contributed by atoms with Crippen LogP contribution in [0.1, 0.15) is 27.0 Å². The Hall–Kier alpha value is -4.61. The van der Waals surface area contributed by atoms with Crippen LogP contribution in [0, 0.1) is 6.92 Å². The van der Waals surface area contributed by atoms with E-state index in [-0.39, 0.29) is 5.91 Å². The summed E-state index contributed by atoms with van der Waals surface area (Å²) in [7, 11) is 1.86. The number of amides is 1. The number of anilines is 3. The number of carbonyl (C=O) groups is 3. The molecule has 188 valence electrons. The number of alkyl halides is 3. The third kappa shape index (κ3) is 5.90. The highest BCUT2D eigenvalue weighted by Gasteiger charge is 2.38. The molecule has 1 aromatic heterocycles. The van der Waals surface area contributed by atoms with Gasteiger partial charge in [-0.2, -0.15) is 18.3 Å². The highest BCUT2D eigenvalue weighted by Crippen LogP contribution is 2.36. The summed E-state index contributed by atoms with van der Waals surface area (Å²) in [5, 5.41) is 23.6. The minimum absolute atomic E-state index is 0.132. The number of carboxylic acid groups (broad SMARTS) is 2. The Morgan fingerprint density at radius 3 is 2.39 bits per heavy atom. The van der Waals surface area contributed by atoms with E-state index in [1.807, 2.05) is 38.2 Å². The normalized spacial score (nSPS) is 12.5. The van der Waals surface area contributed by atoms with Crippen molar-refractivity contribution in [1.82, 2.24) is 9.78 Å². The maximum Gasteiger partial charge on any atom is 0.490 e. The van der Waals surface area contributed by atoms with E-state index in [9.17, 15) is 22.8 Å². The number of nitrogens with zero attached hydrogens (tertiary/aromatic N) is 3. The van der Waals surface area contributed by atoms with Gasteiger partial charge in [-0.3, -0.25) is 9.48 Å². The van der Waals surface area contributed by atoms with E-state index in [4.69, 9.17) is 15.0 Å². The van der Waals surface area contributed by atoms with Crippen LogP contribution in [-0.4, -0.2) is 44.0 Å². The van der Waals surface area contributed by atoms with E-state index in [0.29, 0.717) is 12.1 Å². The molecule has 0 saturated heterocycles. The number of carboxylic acids is 2. The molecule has 0 bridgehead atoms. The molecule has 3 N–H and O–H groups in total. The average Bonchev–Trinajstić information content (AvgIpc) is 3.05. The van der Waals surface area contributed by atoms with Gasteiger partial charge in [0.05, 0.1) is 24.1 Å². The number of rotatable bonds is 3. The first-order chi connectivity index (χ1) is 16.9. The number of carbonyl (C=O) groups excluding carboxylic acids is 1. The Kier molecular flexibility index (Phi) is 7.47. The summed E-state index contributed by atoms with van der Waals surface area (Å²) < 4.78 is 33.5. The fraction of sp³-hybridized carbons (Fsp3) is 0.167. The average molecular weight is 502 g/mol. The fourth-order valence-corrected chi connectivity index (χ4v) is 3.45. The van der Waals surface area contributed by atoms with Gasteiger partial charge in [-0.15, -0.1) is 0 Å². The summed E-state index contributed by atoms with van der Waals surface area (Å²) >= 11 is 0. The van der Waals surface area contributed by atoms with E-state index >= 15 is 0 Å². The zero-order chi connectivity index (χ0) is 26.6. The molecule has 0 radical (unpaired) electrons. The number of benzene rings is 2. The molecule has 0 saturated carbocycles. The Morgan fingerprint density at radius 1 is 1.11 bits per heavy atom. The van der Waals surface area contributed by atoms with Gasteiger partial charge in [0, 0.05) is 24.3 Å². The van der Waals surface area contributed by atoms with Crippen LogP contribution in [0.5, 0.6) is 0 Å². The standard InChI is InChI=1S/C22H20N4O3.C2HF3O2/c1-14-11-16(8-7-15(14)9-10-20(27)28)22(29)26-13-17-12-23-25(2)21(17)24-18-5-3-4-6-19(18)26;3-2(4,5)1(6)7/h3-12,24H,13H2,1-2H3,(H,27,28);(H,6,7)/b10-9+;. The topological polar surface area (TPSA) is 125 Å². The van der Waals surface area contributed by atoms with Gasteiger partial charge in [0.1, 0.15) is 5.82 Å². The number of aryl methyl sites for hydroxylation is 2. The first-order valence-corrected chi connectivity index (χ1v) is 10.4. The lowest BCUT2D eigenvalue weighted by molar-refractivity contribution is -0.192. The van der Waals surface area contributed by atoms with Crippen LogP contribution in [0.4, 0.5) is 30.4 Å². The highest BCUT2D eigenvalue weighted by molar-refractivity contribution is 6.08. The van der Waals surface area contributed by atoms with E-state index in [1.165, 1.54) is 6.08 Å². The van der Waals surface area contributed by atoms with Crippen molar-refractivity contribution >= 4 is 41.1 Å². The Balaban J connectivity index is 0.000000454. The quantitative estimate of drug-likeness (QED) is 0.455. The maximum atomic E-state index is 13.4. The zero-order valence-corrected chi connectivity index (χ0v) is 19.1. The van der Waals surface area contributed by atoms with Gasteiger partial charge >= 0.3 is 18.1 Å². The lowest BCUT2D eigenvalue weighted by Crippen LogP contribution is -2.30. The molecular weight excluding hydrogens is 481 g/mol. The van der Waals surface area contributed by atoms with Crippen molar-refractivity contribution in [3.05, 3.63) is 77.0 Å². The molecule has 0 spiro atoms. The molecule has 12 heteroatoms. The lowest BCUT2D eigenvalue weighted by Gasteiger charge is -2.23. The van der Waals surface area contributed by atoms with Crippen molar-refractivity contribution < 1.29 is 37.8 Å². The third-order valence-corrected chi connectivity index (χ3v) is 5.20. The van der Waals surface area contributed by atoms with Crippen molar-refractivity contribution in [3.8, 4) is 0 Å². The third-order valence-electron chi connectivity index (χ3n) is 5.20. The molecule has 0 unspecified atom stereocenters. The van der Waals surface area contributed by atoms with E-state index in [2.05, 4.69) is 10.4 Å². The summed E-state index contributed by atoms with van der Waals surface area (Å²) in [6, 6.07) is 12.9. The Morgan fingerprint density at radius 2 is 1.78 bits per heavy atom. The van der Waals surface area contributed by atoms with Crippen molar-refractivity contribution in [3.63, 3.8) is 0 Å². The molecule has 0 aliphatic carbocycles. The summed E-state index contributed by atoms with van der Waals surface area (Å²) in [6.45, 7) is 2.25. The Labute approximate surface area is 203 Å². The van der Waals surface area contributed by atoms with Crippen LogP contribution in [-0.2, 0) is 23.2 Å². The highest BCUT2D eigenvalue weighted by atomic mass is 19.4. The molecule has 0 fully saturated rings. The van der Waals surface area contributed by atoms with E-state index in [0.717, 1.165) is 40.0 Å². The summed E-state index contributed by atoms with van der Waals surface area (Å²) in [5.41, 5.74) is 4.68. The molecule has 1 amide bonds. The van der Waals surface area contributed by atoms with Crippen LogP contribution in [0.3, 0.4) is 0 Å². The molecule has 4 rings (SSSR count). The second kappa shape index (κ2) is 10.3. The number of aliphatic carboxylic acids is 2. The molecule has 1 aliphatic rings. The maximum absolute atomic E-state index is 13.4. The summed E-state index contributed by atoms with van der Waals surface area (Å²) in [4.78, 5) is 34.8. The van der Waals surface area contributed by atoms with Gasteiger partial charge in [0.2, 0.25) is 0 Å². The van der Waals surface area contributed by atoms with Crippen LogP contribution in [0.25, 0.3) is 6.08 Å². The fourth-order valence-electron chi connectivity index (χ4n) is 3.45. The lowest BCUT2D eigenvalue weighted by atomic mass is 10.0. The first-order valence-electron chi connectivity index (χ1n) is 10.4. The largest absolute Gasteiger partial charge is 0.490 e. The van der Waals surface area contributed by atoms with Gasteiger partial charge in [-0.1, -0.05) is 18.2 Å². The van der Waals surface area contributed by atoms with E-state index in [1.54, 1.807) is 34.0 Å². The second-order valence-electron chi connectivity index (χ2n) is 7.72. The van der Waals surface area contributed by atoms with Crippen molar-refractivity contribution in [2.24, 2.45) is 7.05 Å². The predicted octanol–water partition coefficient (Wildman–Crippen LogP) is 4.36. The van der Waals surface area contributed by atoms with Gasteiger partial charge < -0.3 is 20.4 Å². The van der Waals surface area contributed by atoms with Gasteiger partial charge in [0.25, 0.3) is 5.91 Å². The molecule has 36 heavy (non-hydrogen) atoms.